The zero-order chi connectivity index (χ0) is 24.2. The molecule has 1 aliphatic carbocycles. The van der Waals surface area contributed by atoms with Crippen molar-refractivity contribution in [3.63, 3.8) is 0 Å². The third kappa shape index (κ3) is 6.07. The Balaban J connectivity index is 1.06. The first-order chi connectivity index (χ1) is 17.0. The standard InChI is InChI=1S/C27H33N5O3/c33-24(18-31-12-8-19-3-1-2-4-21(19)17-31)16-29-26(34)25-15-23(7-11-28-25)30-22-9-13-32(14-10-22)27(35)20-5-6-20/h1-5,7,11,15,22,24,33H,6,8-10,12-14,16-18H2,(H,28,30)(H,29,34)/t24-/m0/s1. The minimum Gasteiger partial charge on any atom is -0.390 e. The smallest absolute Gasteiger partial charge is 0.270 e. The number of amides is 2. The second-order valence-electron chi connectivity index (χ2n) is 9.69. The van der Waals surface area contributed by atoms with E-state index in [1.807, 2.05) is 23.1 Å². The summed E-state index contributed by atoms with van der Waals surface area (Å²) in [6.07, 6.45) is 6.50. The summed E-state index contributed by atoms with van der Waals surface area (Å²) < 4.78 is 0. The second kappa shape index (κ2) is 10.6. The second-order valence-corrected chi connectivity index (χ2v) is 9.69. The Bertz CT molecular complexity index is 1110. The van der Waals surface area contributed by atoms with Crippen molar-refractivity contribution in [3.05, 3.63) is 71.1 Å². The molecule has 1 saturated heterocycles. The lowest BCUT2D eigenvalue weighted by Gasteiger charge is -2.32. The maximum atomic E-state index is 12.7. The first-order valence-electron chi connectivity index (χ1n) is 12.5. The normalized spacial score (nSPS) is 18.9. The van der Waals surface area contributed by atoms with E-state index in [1.54, 1.807) is 12.3 Å². The van der Waals surface area contributed by atoms with Crippen molar-refractivity contribution in [1.29, 1.82) is 0 Å². The molecule has 0 bridgehead atoms. The highest BCUT2D eigenvalue weighted by atomic mass is 16.3. The SMILES string of the molecule is O=C(NC[C@H](O)CN1CCc2ccccc2C1)c1cc(NC2CCN(C(=O)C3=CC3)CC2)ccn1. The zero-order valence-corrected chi connectivity index (χ0v) is 19.9. The van der Waals surface area contributed by atoms with Gasteiger partial charge in [-0.3, -0.25) is 19.5 Å². The molecule has 0 radical (unpaired) electrons. The van der Waals surface area contributed by atoms with Gasteiger partial charge in [-0.25, -0.2) is 0 Å². The average molecular weight is 476 g/mol. The number of hydrogen-bond acceptors (Lipinski definition) is 6. The maximum Gasteiger partial charge on any atom is 0.270 e. The van der Waals surface area contributed by atoms with Gasteiger partial charge in [0.25, 0.3) is 5.91 Å². The topological polar surface area (TPSA) is 97.8 Å². The fraction of sp³-hybridized carbons (Fsp3) is 0.444. The van der Waals surface area contributed by atoms with Gasteiger partial charge in [-0.2, -0.15) is 0 Å². The molecular weight excluding hydrogens is 442 g/mol. The lowest BCUT2D eigenvalue weighted by Crippen LogP contribution is -2.42. The number of β-amino-alcohol motifs (C(OH)–C–C–N with tert-alkyl or cyclic N) is 1. The molecule has 184 valence electrons. The van der Waals surface area contributed by atoms with E-state index in [1.165, 1.54) is 11.1 Å². The molecule has 2 amide bonds. The Morgan fingerprint density at radius 1 is 1.11 bits per heavy atom. The molecule has 0 saturated carbocycles. The van der Waals surface area contributed by atoms with Gasteiger partial charge in [-0.1, -0.05) is 30.3 Å². The summed E-state index contributed by atoms with van der Waals surface area (Å²) in [6, 6.07) is 12.3. The van der Waals surface area contributed by atoms with Crippen LogP contribution in [0, 0.1) is 0 Å². The van der Waals surface area contributed by atoms with Crippen LogP contribution >= 0.6 is 0 Å². The zero-order valence-electron chi connectivity index (χ0n) is 19.9. The Hall–Kier alpha value is -3.23. The van der Waals surface area contributed by atoms with E-state index < -0.39 is 6.10 Å². The number of anilines is 1. The number of allylic oxidation sites excluding steroid dienone is 1. The number of pyridine rings is 1. The third-order valence-corrected chi connectivity index (χ3v) is 7.01. The average Bonchev–Trinajstić information content (AvgIpc) is 3.73. The highest BCUT2D eigenvalue weighted by molar-refractivity contribution is 5.97. The van der Waals surface area contributed by atoms with Crippen molar-refractivity contribution < 1.29 is 14.7 Å². The summed E-state index contributed by atoms with van der Waals surface area (Å²) in [5.41, 5.74) is 4.78. The number of carbonyl (C=O) groups excluding carboxylic acids is 2. The molecule has 1 aromatic heterocycles. The van der Waals surface area contributed by atoms with Crippen LogP contribution in [0.4, 0.5) is 5.69 Å². The van der Waals surface area contributed by atoms with Gasteiger partial charge in [0.1, 0.15) is 5.69 Å². The predicted octanol–water partition coefficient (Wildman–Crippen LogP) is 1.96. The number of rotatable bonds is 8. The van der Waals surface area contributed by atoms with Crippen molar-refractivity contribution in [2.24, 2.45) is 0 Å². The Morgan fingerprint density at radius 2 is 1.89 bits per heavy atom. The van der Waals surface area contributed by atoms with Gasteiger partial charge in [0.15, 0.2) is 0 Å². The predicted molar refractivity (Wildman–Crippen MR) is 134 cm³/mol. The molecule has 1 fully saturated rings. The van der Waals surface area contributed by atoms with Crippen LogP contribution in [0.15, 0.2) is 54.2 Å². The molecule has 8 heteroatoms. The van der Waals surface area contributed by atoms with E-state index in [0.717, 1.165) is 63.1 Å². The highest BCUT2D eigenvalue weighted by Crippen LogP contribution is 2.24. The number of carbonyl (C=O) groups is 2. The quantitative estimate of drug-likeness (QED) is 0.540. The molecule has 2 aliphatic heterocycles. The molecule has 0 unspecified atom stereocenters. The third-order valence-electron chi connectivity index (χ3n) is 7.01. The van der Waals surface area contributed by atoms with Crippen LogP contribution in [0.1, 0.15) is 40.9 Å². The number of hydrogen-bond donors (Lipinski definition) is 3. The van der Waals surface area contributed by atoms with E-state index in [-0.39, 0.29) is 24.4 Å². The molecule has 0 spiro atoms. The molecule has 1 atom stereocenters. The minimum absolute atomic E-state index is 0.179. The van der Waals surface area contributed by atoms with Crippen molar-refractivity contribution in [1.82, 2.24) is 20.1 Å². The Labute approximate surface area is 206 Å². The first-order valence-corrected chi connectivity index (χ1v) is 12.5. The molecule has 2 aromatic rings. The van der Waals surface area contributed by atoms with Crippen LogP contribution in [-0.4, -0.2) is 76.6 Å². The van der Waals surface area contributed by atoms with Gasteiger partial charge in [0, 0.05) is 62.8 Å². The van der Waals surface area contributed by atoms with Crippen molar-refractivity contribution in [2.75, 3.05) is 38.0 Å². The van der Waals surface area contributed by atoms with Crippen molar-refractivity contribution in [3.8, 4) is 0 Å². The molecule has 3 aliphatic rings. The Kier molecular flexibility index (Phi) is 7.11. The van der Waals surface area contributed by atoms with Gasteiger partial charge in [-0.05, 0) is 48.9 Å². The lowest BCUT2D eigenvalue weighted by atomic mass is 10.00. The number of piperidine rings is 1. The molecule has 3 heterocycles. The van der Waals surface area contributed by atoms with Gasteiger partial charge >= 0.3 is 0 Å². The minimum atomic E-state index is -0.648. The van der Waals surface area contributed by atoms with Crippen LogP contribution in [-0.2, 0) is 17.8 Å². The number of benzene rings is 1. The molecule has 35 heavy (non-hydrogen) atoms. The largest absolute Gasteiger partial charge is 0.390 e. The van der Waals surface area contributed by atoms with Crippen molar-refractivity contribution in [2.45, 2.75) is 44.4 Å². The summed E-state index contributed by atoms with van der Waals surface area (Å²) in [5.74, 6) is -0.117. The molecule has 1 aromatic carbocycles. The summed E-state index contributed by atoms with van der Waals surface area (Å²) in [4.78, 5) is 33.2. The van der Waals surface area contributed by atoms with Crippen LogP contribution in [0.2, 0.25) is 0 Å². The van der Waals surface area contributed by atoms with Gasteiger partial charge in [0.05, 0.1) is 6.10 Å². The monoisotopic (exact) mass is 475 g/mol. The molecular formula is C27H33N5O3. The van der Waals surface area contributed by atoms with E-state index in [4.69, 9.17) is 0 Å². The summed E-state index contributed by atoms with van der Waals surface area (Å²) >= 11 is 0. The lowest BCUT2D eigenvalue weighted by molar-refractivity contribution is -0.127. The van der Waals surface area contributed by atoms with Crippen LogP contribution in [0.25, 0.3) is 0 Å². The number of likely N-dealkylation sites (tertiary alicyclic amines) is 1. The number of aromatic nitrogens is 1. The first kappa shape index (κ1) is 23.5. The summed E-state index contributed by atoms with van der Waals surface area (Å²) in [6.45, 7) is 3.91. The maximum absolute atomic E-state index is 12.7. The van der Waals surface area contributed by atoms with Gasteiger partial charge in [-0.15, -0.1) is 0 Å². The van der Waals surface area contributed by atoms with Crippen LogP contribution in [0.3, 0.4) is 0 Å². The van der Waals surface area contributed by atoms with E-state index in [2.05, 4.69) is 38.7 Å². The summed E-state index contributed by atoms with van der Waals surface area (Å²) in [5, 5.41) is 16.8. The number of nitrogens with one attached hydrogen (secondary N) is 2. The van der Waals surface area contributed by atoms with Gasteiger partial charge in [0.2, 0.25) is 5.91 Å². The van der Waals surface area contributed by atoms with Crippen LogP contribution < -0.4 is 10.6 Å². The van der Waals surface area contributed by atoms with Crippen molar-refractivity contribution >= 4 is 17.5 Å². The fourth-order valence-electron chi connectivity index (χ4n) is 4.91. The molecule has 8 nitrogen and oxygen atoms in total. The summed E-state index contributed by atoms with van der Waals surface area (Å²) in [7, 11) is 0. The van der Waals surface area contributed by atoms with Crippen LogP contribution in [0.5, 0.6) is 0 Å². The van der Waals surface area contributed by atoms with E-state index >= 15 is 0 Å². The molecule has 5 rings (SSSR count). The number of aliphatic hydroxyl groups excluding tert-OH is 1. The number of nitrogens with zero attached hydrogens (tertiary/aromatic N) is 3. The van der Waals surface area contributed by atoms with E-state index in [0.29, 0.717) is 12.2 Å². The molecule has 3 N–H and O–H groups in total. The highest BCUT2D eigenvalue weighted by Gasteiger charge is 2.27. The Morgan fingerprint density at radius 3 is 2.66 bits per heavy atom. The number of aliphatic hydroxyl groups is 1. The number of fused-ring (bicyclic) bond motifs is 1. The van der Waals surface area contributed by atoms with E-state index in [9.17, 15) is 14.7 Å². The van der Waals surface area contributed by atoms with Gasteiger partial charge < -0.3 is 20.6 Å². The fourth-order valence-corrected chi connectivity index (χ4v) is 4.91.